The molecule has 0 aromatic heterocycles. The van der Waals surface area contributed by atoms with Gasteiger partial charge in [-0.3, -0.25) is 0 Å². The highest BCUT2D eigenvalue weighted by atomic mass is 32.2. The van der Waals surface area contributed by atoms with Gasteiger partial charge in [0.05, 0.1) is 0 Å². The van der Waals surface area contributed by atoms with Crippen LogP contribution < -0.4 is 0 Å². The number of nitrogens with zero attached hydrogens (tertiary/aromatic N) is 1. The Morgan fingerprint density at radius 3 is 2.50 bits per heavy atom. The lowest BCUT2D eigenvalue weighted by atomic mass is 9.99. The summed E-state index contributed by atoms with van der Waals surface area (Å²) >= 11 is 0. The van der Waals surface area contributed by atoms with Crippen molar-refractivity contribution in [3.63, 3.8) is 0 Å². The van der Waals surface area contributed by atoms with E-state index in [9.17, 15) is 13.5 Å². The average molecular weight is 374 g/mol. The van der Waals surface area contributed by atoms with Gasteiger partial charge in [0, 0.05) is 12.6 Å². The van der Waals surface area contributed by atoms with Gasteiger partial charge in [-0.1, -0.05) is 42.5 Å². The highest BCUT2D eigenvalue weighted by Crippen LogP contribution is 2.27. The molecular formula is C21H27NO3S. The topological polar surface area (TPSA) is 57.6 Å². The molecule has 5 heteroatoms. The Morgan fingerprint density at radius 2 is 1.88 bits per heavy atom. The van der Waals surface area contributed by atoms with Crippen molar-refractivity contribution >= 4 is 10.7 Å². The van der Waals surface area contributed by atoms with E-state index in [0.717, 1.165) is 24.1 Å². The summed E-state index contributed by atoms with van der Waals surface area (Å²) in [7, 11) is -2.97. The third-order valence-corrected chi connectivity index (χ3v) is 6.40. The van der Waals surface area contributed by atoms with Crippen molar-refractivity contribution in [2.45, 2.75) is 44.1 Å². The molecule has 4 nitrogen and oxygen atoms in total. The van der Waals surface area contributed by atoms with Crippen LogP contribution in [-0.4, -0.2) is 37.6 Å². The summed E-state index contributed by atoms with van der Waals surface area (Å²) < 4.78 is 22.6. The predicted octanol–water partition coefficient (Wildman–Crippen LogP) is 3.16. The van der Waals surface area contributed by atoms with Gasteiger partial charge in [-0.2, -0.15) is 0 Å². The van der Waals surface area contributed by atoms with E-state index >= 15 is 0 Å². The summed E-state index contributed by atoms with van der Waals surface area (Å²) in [6.07, 6.45) is 3.64. The van der Waals surface area contributed by atoms with E-state index in [4.69, 9.17) is 0 Å². The van der Waals surface area contributed by atoms with Crippen molar-refractivity contribution in [2.24, 2.45) is 0 Å². The Morgan fingerprint density at radius 1 is 1.15 bits per heavy atom. The van der Waals surface area contributed by atoms with Gasteiger partial charge in [0.15, 0.2) is 15.6 Å². The Bertz CT molecular complexity index is 819. The van der Waals surface area contributed by atoms with Crippen molar-refractivity contribution in [2.75, 3.05) is 13.1 Å². The van der Waals surface area contributed by atoms with E-state index in [1.54, 1.807) is 18.2 Å². The number of benzene rings is 2. The first-order valence-corrected chi connectivity index (χ1v) is 10.4. The molecule has 0 spiro atoms. The van der Waals surface area contributed by atoms with Crippen molar-refractivity contribution in [3.05, 3.63) is 59.7 Å². The van der Waals surface area contributed by atoms with Gasteiger partial charge in [-0.25, -0.2) is 8.42 Å². The molecule has 2 aromatic carbocycles. The van der Waals surface area contributed by atoms with E-state index in [0.29, 0.717) is 11.6 Å². The third-order valence-electron chi connectivity index (χ3n) is 5.43. The summed E-state index contributed by atoms with van der Waals surface area (Å²) in [6, 6.07) is 16.2. The standard InChI is InChI=1S/C21H27NO3S/c1-16-5-4-13-22(16)14-12-17-8-10-18(11-9-17)19-6-3-7-20(15-19)21(2,23)26(24)25/h3,6-11,15-16,23,26H,4-5,12-14H2,1-2H3/t16-,21?/m1/s1. The molecule has 0 amide bonds. The maximum absolute atomic E-state index is 11.3. The predicted molar refractivity (Wildman–Crippen MR) is 106 cm³/mol. The maximum Gasteiger partial charge on any atom is 0.186 e. The zero-order valence-corrected chi connectivity index (χ0v) is 16.3. The molecule has 1 aliphatic rings. The fraction of sp³-hybridized carbons (Fsp3) is 0.429. The van der Waals surface area contributed by atoms with Crippen LogP contribution in [0.1, 0.15) is 37.8 Å². The molecule has 1 fully saturated rings. The summed E-state index contributed by atoms with van der Waals surface area (Å²) in [4.78, 5) is 0.696. The lowest BCUT2D eigenvalue weighted by molar-refractivity contribution is 0.149. The van der Waals surface area contributed by atoms with Crippen LogP contribution in [0.3, 0.4) is 0 Å². The largest absolute Gasteiger partial charge is 0.371 e. The SMILES string of the molecule is C[C@@H]1CCCN1CCc1ccc(-c2cccc(C(C)(O)[SH](=O)=O)c2)cc1. The van der Waals surface area contributed by atoms with Crippen molar-refractivity contribution < 1.29 is 13.5 Å². The van der Waals surface area contributed by atoms with Crippen LogP contribution in [0.5, 0.6) is 0 Å². The summed E-state index contributed by atoms with van der Waals surface area (Å²) in [5.41, 5.74) is 3.61. The van der Waals surface area contributed by atoms with Crippen molar-refractivity contribution in [1.29, 1.82) is 0 Å². The lowest BCUT2D eigenvalue weighted by Crippen LogP contribution is -2.28. The van der Waals surface area contributed by atoms with E-state index in [1.807, 2.05) is 6.07 Å². The second kappa shape index (κ2) is 7.91. The first-order valence-electron chi connectivity index (χ1n) is 9.18. The summed E-state index contributed by atoms with van der Waals surface area (Å²) in [5, 5.41) is 10.2. The quantitative estimate of drug-likeness (QED) is 0.764. The Kier molecular flexibility index (Phi) is 5.80. The van der Waals surface area contributed by atoms with E-state index in [2.05, 4.69) is 36.1 Å². The molecule has 0 bridgehead atoms. The van der Waals surface area contributed by atoms with E-state index in [-0.39, 0.29) is 0 Å². The zero-order valence-electron chi connectivity index (χ0n) is 15.4. The molecular weight excluding hydrogens is 346 g/mol. The molecule has 3 rings (SSSR count). The minimum absolute atomic E-state index is 0.387. The fourth-order valence-corrected chi connectivity index (χ4v) is 3.91. The van der Waals surface area contributed by atoms with Gasteiger partial charge in [0.1, 0.15) is 0 Å². The first-order chi connectivity index (χ1) is 12.4. The van der Waals surface area contributed by atoms with Gasteiger partial charge in [0.2, 0.25) is 0 Å². The van der Waals surface area contributed by atoms with Gasteiger partial charge < -0.3 is 10.0 Å². The number of thiol groups is 1. The minimum atomic E-state index is -2.97. The second-order valence-corrected chi connectivity index (χ2v) is 8.72. The zero-order chi connectivity index (χ0) is 18.7. The molecule has 0 saturated carbocycles. The smallest absolute Gasteiger partial charge is 0.186 e. The van der Waals surface area contributed by atoms with Crippen LogP contribution in [0.25, 0.3) is 11.1 Å². The van der Waals surface area contributed by atoms with Crippen LogP contribution in [-0.2, 0) is 22.1 Å². The normalized spacial score (nSPS) is 20.4. The average Bonchev–Trinajstić information content (AvgIpc) is 3.05. The molecule has 1 unspecified atom stereocenters. The van der Waals surface area contributed by atoms with Gasteiger partial charge in [0.25, 0.3) is 0 Å². The van der Waals surface area contributed by atoms with E-state index < -0.39 is 15.6 Å². The van der Waals surface area contributed by atoms with Crippen LogP contribution in [0, 0.1) is 0 Å². The number of rotatable bonds is 6. The van der Waals surface area contributed by atoms with Gasteiger partial charge in [-0.15, -0.1) is 0 Å². The van der Waals surface area contributed by atoms with E-state index in [1.165, 1.54) is 31.9 Å². The number of aliphatic hydroxyl groups is 1. The second-order valence-electron chi connectivity index (χ2n) is 7.33. The van der Waals surface area contributed by atoms with Gasteiger partial charge in [-0.05, 0) is 68.0 Å². The number of hydrogen-bond donors (Lipinski definition) is 2. The van der Waals surface area contributed by atoms with Crippen LogP contribution in [0.15, 0.2) is 48.5 Å². The summed E-state index contributed by atoms with van der Waals surface area (Å²) in [5.74, 6) is 0. The molecule has 0 aliphatic carbocycles. The molecule has 1 saturated heterocycles. The monoisotopic (exact) mass is 373 g/mol. The first kappa shape index (κ1) is 19.1. The van der Waals surface area contributed by atoms with Gasteiger partial charge >= 0.3 is 0 Å². The van der Waals surface area contributed by atoms with Crippen LogP contribution in [0.4, 0.5) is 0 Å². The lowest BCUT2D eigenvalue weighted by Gasteiger charge is -2.20. The molecule has 1 aliphatic heterocycles. The number of likely N-dealkylation sites (tertiary alicyclic amines) is 1. The molecule has 2 atom stereocenters. The Hall–Kier alpha value is -1.69. The molecule has 1 heterocycles. The van der Waals surface area contributed by atoms with Crippen LogP contribution >= 0.6 is 0 Å². The highest BCUT2D eigenvalue weighted by molar-refractivity contribution is 7.73. The maximum atomic E-state index is 11.3. The van der Waals surface area contributed by atoms with Crippen molar-refractivity contribution in [1.82, 2.24) is 4.90 Å². The molecule has 1 N–H and O–H groups in total. The molecule has 26 heavy (non-hydrogen) atoms. The molecule has 140 valence electrons. The summed E-state index contributed by atoms with van der Waals surface area (Å²) in [6.45, 7) is 5.90. The molecule has 0 radical (unpaired) electrons. The minimum Gasteiger partial charge on any atom is -0.371 e. The van der Waals surface area contributed by atoms with Crippen LogP contribution in [0.2, 0.25) is 0 Å². The van der Waals surface area contributed by atoms with Crippen molar-refractivity contribution in [3.8, 4) is 11.1 Å². The highest BCUT2D eigenvalue weighted by Gasteiger charge is 2.27. The Labute approximate surface area is 157 Å². The number of hydrogen-bond acceptors (Lipinski definition) is 4. The Balaban J connectivity index is 1.72. The third kappa shape index (κ3) is 4.17. The molecule has 2 aromatic rings. The fourth-order valence-electron chi connectivity index (χ4n) is 3.56.